The lowest BCUT2D eigenvalue weighted by Crippen LogP contribution is -1.99. The van der Waals surface area contributed by atoms with Gasteiger partial charge in [-0.25, -0.2) is 9.97 Å². The first-order valence-corrected chi connectivity index (χ1v) is 4.08. The number of ether oxygens (including phenoxy) is 1. The summed E-state index contributed by atoms with van der Waals surface area (Å²) in [6.45, 7) is 4.32. The molecule has 0 bridgehead atoms. The number of nitrogens with zero attached hydrogens (tertiary/aromatic N) is 2. The molecule has 12 heavy (non-hydrogen) atoms. The summed E-state index contributed by atoms with van der Waals surface area (Å²) in [6.07, 6.45) is 2.70. The van der Waals surface area contributed by atoms with E-state index in [9.17, 15) is 0 Å². The third kappa shape index (κ3) is 2.49. The van der Waals surface area contributed by atoms with Gasteiger partial charge in [-0.05, 0) is 18.4 Å². The molecule has 3 nitrogen and oxygen atoms in total. The Morgan fingerprint density at radius 3 is 2.83 bits per heavy atom. The topological polar surface area (TPSA) is 35.0 Å². The van der Waals surface area contributed by atoms with E-state index >= 15 is 0 Å². The maximum atomic E-state index is 4.91. The SMILES string of the molecule is COc1nccc(CC(C)C)n1. The zero-order chi connectivity index (χ0) is 8.97. The molecule has 0 aliphatic rings. The third-order valence-electron chi connectivity index (χ3n) is 1.49. The minimum atomic E-state index is 0.452. The van der Waals surface area contributed by atoms with Gasteiger partial charge in [0.25, 0.3) is 0 Å². The van der Waals surface area contributed by atoms with E-state index in [4.69, 9.17) is 4.74 Å². The lowest BCUT2D eigenvalue weighted by molar-refractivity contribution is 0.377. The van der Waals surface area contributed by atoms with Gasteiger partial charge in [-0.3, -0.25) is 0 Å². The molecule has 0 aliphatic heterocycles. The van der Waals surface area contributed by atoms with Crippen molar-refractivity contribution in [3.8, 4) is 6.01 Å². The average Bonchev–Trinajstić information content (AvgIpc) is 2.03. The van der Waals surface area contributed by atoms with Crippen LogP contribution in [0.25, 0.3) is 0 Å². The third-order valence-corrected chi connectivity index (χ3v) is 1.49. The van der Waals surface area contributed by atoms with E-state index in [1.165, 1.54) is 0 Å². The fraction of sp³-hybridized carbons (Fsp3) is 0.556. The van der Waals surface area contributed by atoms with E-state index in [-0.39, 0.29) is 0 Å². The van der Waals surface area contributed by atoms with Crippen LogP contribution in [0.3, 0.4) is 0 Å². The summed E-state index contributed by atoms with van der Waals surface area (Å²) in [4.78, 5) is 8.13. The first-order chi connectivity index (χ1) is 5.72. The highest BCUT2D eigenvalue weighted by molar-refractivity contribution is 5.05. The smallest absolute Gasteiger partial charge is 0.316 e. The number of hydrogen-bond acceptors (Lipinski definition) is 3. The maximum absolute atomic E-state index is 4.91. The highest BCUT2D eigenvalue weighted by atomic mass is 16.5. The van der Waals surface area contributed by atoms with Crippen molar-refractivity contribution in [1.82, 2.24) is 9.97 Å². The van der Waals surface area contributed by atoms with Crippen molar-refractivity contribution in [1.29, 1.82) is 0 Å². The Balaban J connectivity index is 2.72. The van der Waals surface area contributed by atoms with Crippen LogP contribution in [0.2, 0.25) is 0 Å². The summed E-state index contributed by atoms with van der Waals surface area (Å²) in [5, 5.41) is 0. The van der Waals surface area contributed by atoms with E-state index in [0.717, 1.165) is 12.1 Å². The maximum Gasteiger partial charge on any atom is 0.316 e. The molecule has 66 valence electrons. The molecule has 1 aromatic rings. The quantitative estimate of drug-likeness (QED) is 0.685. The van der Waals surface area contributed by atoms with Crippen molar-refractivity contribution in [3.05, 3.63) is 18.0 Å². The van der Waals surface area contributed by atoms with Crippen LogP contribution in [0.15, 0.2) is 12.3 Å². The van der Waals surface area contributed by atoms with Crippen LogP contribution in [0.5, 0.6) is 6.01 Å². The highest BCUT2D eigenvalue weighted by Gasteiger charge is 2.00. The second-order valence-corrected chi connectivity index (χ2v) is 3.13. The summed E-state index contributed by atoms with van der Waals surface area (Å²) in [7, 11) is 1.58. The zero-order valence-corrected chi connectivity index (χ0v) is 7.74. The minimum Gasteiger partial charge on any atom is -0.467 e. The van der Waals surface area contributed by atoms with Crippen molar-refractivity contribution in [2.75, 3.05) is 7.11 Å². The number of aromatic nitrogens is 2. The normalized spacial score (nSPS) is 10.3. The Kier molecular flexibility index (Phi) is 3.02. The summed E-state index contributed by atoms with van der Waals surface area (Å²) in [5.74, 6) is 0.615. The van der Waals surface area contributed by atoms with Crippen molar-refractivity contribution >= 4 is 0 Å². The molecule has 1 heterocycles. The first kappa shape index (κ1) is 8.97. The van der Waals surface area contributed by atoms with E-state index in [1.54, 1.807) is 13.3 Å². The van der Waals surface area contributed by atoms with Crippen molar-refractivity contribution < 1.29 is 4.74 Å². The molecule has 0 N–H and O–H groups in total. The molecule has 0 unspecified atom stereocenters. The summed E-state index contributed by atoms with van der Waals surface area (Å²) < 4.78 is 4.91. The second-order valence-electron chi connectivity index (χ2n) is 3.13. The van der Waals surface area contributed by atoms with Gasteiger partial charge in [-0.2, -0.15) is 0 Å². The average molecular weight is 166 g/mol. The lowest BCUT2D eigenvalue weighted by atomic mass is 10.1. The van der Waals surface area contributed by atoms with Gasteiger partial charge < -0.3 is 4.74 Å². The standard InChI is InChI=1S/C9H14N2O/c1-7(2)6-8-4-5-10-9(11-8)12-3/h4-5,7H,6H2,1-3H3. The second kappa shape index (κ2) is 4.04. The van der Waals surface area contributed by atoms with Crippen molar-refractivity contribution in [2.45, 2.75) is 20.3 Å². The van der Waals surface area contributed by atoms with Crippen LogP contribution < -0.4 is 4.74 Å². The predicted molar refractivity (Wildman–Crippen MR) is 47.1 cm³/mol. The van der Waals surface area contributed by atoms with Crippen molar-refractivity contribution in [2.24, 2.45) is 5.92 Å². The highest BCUT2D eigenvalue weighted by Crippen LogP contribution is 2.07. The molecule has 0 saturated heterocycles. The Hall–Kier alpha value is -1.12. The van der Waals surface area contributed by atoms with Gasteiger partial charge in [-0.15, -0.1) is 0 Å². The number of hydrogen-bond donors (Lipinski definition) is 0. The van der Waals surface area contributed by atoms with Crippen LogP contribution in [-0.4, -0.2) is 17.1 Å². The lowest BCUT2D eigenvalue weighted by Gasteiger charge is -2.04. The predicted octanol–water partition coefficient (Wildman–Crippen LogP) is 1.68. The minimum absolute atomic E-state index is 0.452. The van der Waals surface area contributed by atoms with E-state index in [0.29, 0.717) is 11.9 Å². The molecule has 0 fully saturated rings. The zero-order valence-electron chi connectivity index (χ0n) is 7.74. The van der Waals surface area contributed by atoms with Crippen molar-refractivity contribution in [3.63, 3.8) is 0 Å². The molecule has 0 atom stereocenters. The van der Waals surface area contributed by atoms with Gasteiger partial charge in [0, 0.05) is 11.9 Å². The summed E-state index contributed by atoms with van der Waals surface area (Å²) in [6, 6.07) is 2.37. The van der Waals surface area contributed by atoms with Crippen LogP contribution in [-0.2, 0) is 6.42 Å². The Bertz CT molecular complexity index is 248. The molecular weight excluding hydrogens is 152 g/mol. The molecule has 0 radical (unpaired) electrons. The fourth-order valence-electron chi connectivity index (χ4n) is 1.01. The van der Waals surface area contributed by atoms with E-state index in [2.05, 4.69) is 23.8 Å². The van der Waals surface area contributed by atoms with Gasteiger partial charge in [0.2, 0.25) is 0 Å². The molecule has 0 aliphatic carbocycles. The Morgan fingerprint density at radius 1 is 1.50 bits per heavy atom. The van der Waals surface area contributed by atoms with Gasteiger partial charge in [0.1, 0.15) is 0 Å². The molecule has 1 aromatic heterocycles. The largest absolute Gasteiger partial charge is 0.467 e. The molecule has 0 saturated carbocycles. The van der Waals surface area contributed by atoms with E-state index in [1.807, 2.05) is 6.07 Å². The monoisotopic (exact) mass is 166 g/mol. The van der Waals surface area contributed by atoms with Gasteiger partial charge in [0.15, 0.2) is 0 Å². The van der Waals surface area contributed by atoms with Gasteiger partial charge in [0.05, 0.1) is 7.11 Å². The molecular formula is C9H14N2O. The van der Waals surface area contributed by atoms with Crippen LogP contribution in [0, 0.1) is 5.92 Å². The van der Waals surface area contributed by atoms with E-state index < -0.39 is 0 Å². The summed E-state index contributed by atoms with van der Waals surface area (Å²) in [5.41, 5.74) is 1.04. The molecule has 0 aromatic carbocycles. The summed E-state index contributed by atoms with van der Waals surface area (Å²) >= 11 is 0. The molecule has 0 amide bonds. The molecule has 0 spiro atoms. The van der Waals surface area contributed by atoms with Gasteiger partial charge in [-0.1, -0.05) is 13.8 Å². The van der Waals surface area contributed by atoms with Crippen LogP contribution in [0.1, 0.15) is 19.5 Å². The van der Waals surface area contributed by atoms with Gasteiger partial charge >= 0.3 is 6.01 Å². The van der Waals surface area contributed by atoms with Crippen LogP contribution in [0.4, 0.5) is 0 Å². The molecule has 3 heteroatoms. The number of methoxy groups -OCH3 is 1. The molecule has 1 rings (SSSR count). The number of rotatable bonds is 3. The first-order valence-electron chi connectivity index (χ1n) is 4.08. The fourth-order valence-corrected chi connectivity index (χ4v) is 1.01. The Labute approximate surface area is 72.8 Å². The Morgan fingerprint density at radius 2 is 2.25 bits per heavy atom. The van der Waals surface area contributed by atoms with Crippen LogP contribution >= 0.6 is 0 Å².